The first-order valence-electron chi connectivity index (χ1n) is 5.84. The molecule has 0 unspecified atom stereocenters. The Morgan fingerprint density at radius 2 is 2.26 bits per heavy atom. The first-order chi connectivity index (χ1) is 9.28. The summed E-state index contributed by atoms with van der Waals surface area (Å²) in [5, 5.41) is 2.80. The van der Waals surface area contributed by atoms with E-state index in [0.717, 1.165) is 16.4 Å². The van der Waals surface area contributed by atoms with Gasteiger partial charge in [-0.2, -0.15) is 0 Å². The van der Waals surface area contributed by atoms with Crippen LogP contribution >= 0.6 is 11.8 Å². The molecule has 4 nitrogen and oxygen atoms in total. The lowest BCUT2D eigenvalue weighted by molar-refractivity contribution is -0.118. The first kappa shape index (κ1) is 13.5. The lowest BCUT2D eigenvalue weighted by Gasteiger charge is -2.05. The zero-order valence-electron chi connectivity index (χ0n) is 10.6. The molecule has 5 heteroatoms. The molecule has 0 aliphatic carbocycles. The number of carbonyl (C=O) groups excluding carboxylic acids is 1. The molecule has 19 heavy (non-hydrogen) atoms. The van der Waals surface area contributed by atoms with Gasteiger partial charge in [-0.15, -0.1) is 11.8 Å². The van der Waals surface area contributed by atoms with Crippen molar-refractivity contribution in [2.75, 3.05) is 12.9 Å². The summed E-state index contributed by atoms with van der Waals surface area (Å²) in [7, 11) is 1.62. The number of ether oxygens (including phenoxy) is 1. The van der Waals surface area contributed by atoms with Crippen LogP contribution in [0.15, 0.2) is 52.0 Å². The zero-order chi connectivity index (χ0) is 13.5. The van der Waals surface area contributed by atoms with Crippen LogP contribution in [-0.4, -0.2) is 18.8 Å². The van der Waals surface area contributed by atoms with Gasteiger partial charge in [0, 0.05) is 4.90 Å². The number of amides is 1. The van der Waals surface area contributed by atoms with Crippen molar-refractivity contribution in [3.05, 3.63) is 48.4 Å². The highest BCUT2D eigenvalue weighted by Crippen LogP contribution is 2.22. The molecule has 2 rings (SSSR count). The van der Waals surface area contributed by atoms with Gasteiger partial charge in [-0.25, -0.2) is 0 Å². The number of carbonyl (C=O) groups is 1. The van der Waals surface area contributed by atoms with E-state index in [0.29, 0.717) is 12.3 Å². The minimum Gasteiger partial charge on any atom is -0.497 e. The summed E-state index contributed by atoms with van der Waals surface area (Å²) in [5.41, 5.74) is 0. The minimum atomic E-state index is -0.0239. The predicted molar refractivity (Wildman–Crippen MR) is 74.3 cm³/mol. The molecule has 0 saturated carbocycles. The number of rotatable bonds is 6. The topological polar surface area (TPSA) is 51.5 Å². The highest BCUT2D eigenvalue weighted by atomic mass is 32.2. The SMILES string of the molecule is COc1cccc(SCC(=O)NCc2ccco2)c1. The van der Waals surface area contributed by atoms with E-state index in [-0.39, 0.29) is 5.91 Å². The molecule has 0 spiro atoms. The van der Waals surface area contributed by atoms with Crippen LogP contribution in [0.2, 0.25) is 0 Å². The van der Waals surface area contributed by atoms with Crippen molar-refractivity contribution >= 4 is 17.7 Å². The van der Waals surface area contributed by atoms with Crippen molar-refractivity contribution in [3.63, 3.8) is 0 Å². The first-order valence-corrected chi connectivity index (χ1v) is 6.82. The second-order valence-electron chi connectivity index (χ2n) is 3.82. The number of thioether (sulfide) groups is 1. The van der Waals surface area contributed by atoms with Crippen LogP contribution in [0.1, 0.15) is 5.76 Å². The van der Waals surface area contributed by atoms with E-state index in [9.17, 15) is 4.79 Å². The quantitative estimate of drug-likeness (QED) is 0.825. The molecule has 1 aromatic carbocycles. The van der Waals surface area contributed by atoms with Gasteiger partial charge in [-0.3, -0.25) is 4.79 Å². The molecule has 0 aliphatic rings. The summed E-state index contributed by atoms with van der Waals surface area (Å²) in [6.45, 7) is 0.421. The molecule has 2 aromatic rings. The summed E-state index contributed by atoms with van der Waals surface area (Å²) in [6.07, 6.45) is 1.59. The van der Waals surface area contributed by atoms with Gasteiger partial charge in [0.05, 0.1) is 25.7 Å². The number of benzene rings is 1. The van der Waals surface area contributed by atoms with E-state index in [1.165, 1.54) is 11.8 Å². The molecule has 1 heterocycles. The van der Waals surface area contributed by atoms with Crippen molar-refractivity contribution in [3.8, 4) is 5.75 Å². The smallest absolute Gasteiger partial charge is 0.230 e. The van der Waals surface area contributed by atoms with Crippen molar-refractivity contribution in [1.82, 2.24) is 5.32 Å². The van der Waals surface area contributed by atoms with E-state index >= 15 is 0 Å². The Balaban J connectivity index is 1.76. The third kappa shape index (κ3) is 4.37. The highest BCUT2D eigenvalue weighted by Gasteiger charge is 2.04. The number of furan rings is 1. The molecular formula is C14H15NO3S. The van der Waals surface area contributed by atoms with E-state index in [1.807, 2.05) is 30.3 Å². The summed E-state index contributed by atoms with van der Waals surface area (Å²) >= 11 is 1.47. The fourth-order valence-corrected chi connectivity index (χ4v) is 2.26. The van der Waals surface area contributed by atoms with Crippen LogP contribution in [0, 0.1) is 0 Å². The molecule has 0 atom stereocenters. The maximum absolute atomic E-state index is 11.7. The van der Waals surface area contributed by atoms with Crippen LogP contribution in [0.5, 0.6) is 5.75 Å². The van der Waals surface area contributed by atoms with E-state index in [1.54, 1.807) is 19.4 Å². The molecule has 0 saturated heterocycles. The number of hydrogen-bond acceptors (Lipinski definition) is 4. The highest BCUT2D eigenvalue weighted by molar-refractivity contribution is 8.00. The van der Waals surface area contributed by atoms with Gasteiger partial charge in [0.1, 0.15) is 11.5 Å². The average molecular weight is 277 g/mol. The monoisotopic (exact) mass is 277 g/mol. The van der Waals surface area contributed by atoms with Gasteiger partial charge >= 0.3 is 0 Å². The lowest BCUT2D eigenvalue weighted by Crippen LogP contribution is -2.24. The third-order valence-electron chi connectivity index (χ3n) is 2.45. The molecule has 1 aromatic heterocycles. The Kier molecular flexibility index (Phi) is 4.92. The van der Waals surface area contributed by atoms with Crippen molar-refractivity contribution in [2.45, 2.75) is 11.4 Å². The Morgan fingerprint density at radius 1 is 1.37 bits per heavy atom. The number of methoxy groups -OCH3 is 1. The number of hydrogen-bond donors (Lipinski definition) is 1. The fourth-order valence-electron chi connectivity index (χ4n) is 1.49. The average Bonchev–Trinajstić information content (AvgIpc) is 2.96. The van der Waals surface area contributed by atoms with Crippen molar-refractivity contribution < 1.29 is 13.9 Å². The molecule has 1 N–H and O–H groups in total. The van der Waals surface area contributed by atoms with Gasteiger partial charge in [0.25, 0.3) is 0 Å². The van der Waals surface area contributed by atoms with Gasteiger partial charge in [-0.1, -0.05) is 6.07 Å². The molecule has 0 radical (unpaired) electrons. The van der Waals surface area contributed by atoms with Gasteiger partial charge in [-0.05, 0) is 30.3 Å². The maximum Gasteiger partial charge on any atom is 0.230 e. The largest absolute Gasteiger partial charge is 0.497 e. The summed E-state index contributed by atoms with van der Waals surface area (Å²) in [6, 6.07) is 11.3. The van der Waals surface area contributed by atoms with Gasteiger partial charge in [0.15, 0.2) is 0 Å². The molecule has 1 amide bonds. The second kappa shape index (κ2) is 6.89. The Labute approximate surface area is 116 Å². The molecule has 0 fully saturated rings. The Morgan fingerprint density at radius 3 is 3.00 bits per heavy atom. The standard InChI is InChI=1S/C14H15NO3S/c1-17-11-4-2-6-13(8-11)19-10-14(16)15-9-12-5-3-7-18-12/h2-8H,9-10H2,1H3,(H,15,16). The van der Waals surface area contributed by atoms with Crippen LogP contribution in [0.3, 0.4) is 0 Å². The predicted octanol–water partition coefficient (Wildman–Crippen LogP) is 2.70. The van der Waals surface area contributed by atoms with E-state index < -0.39 is 0 Å². The van der Waals surface area contributed by atoms with Crippen molar-refractivity contribution in [2.24, 2.45) is 0 Å². The van der Waals surface area contributed by atoms with Crippen LogP contribution in [0.4, 0.5) is 0 Å². The maximum atomic E-state index is 11.7. The van der Waals surface area contributed by atoms with Crippen molar-refractivity contribution in [1.29, 1.82) is 0 Å². The zero-order valence-corrected chi connectivity index (χ0v) is 11.4. The molecule has 0 bridgehead atoms. The molecule has 0 aliphatic heterocycles. The summed E-state index contributed by atoms with van der Waals surface area (Å²) in [4.78, 5) is 12.7. The fraction of sp³-hybridized carbons (Fsp3) is 0.214. The van der Waals surface area contributed by atoms with E-state index in [2.05, 4.69) is 5.32 Å². The minimum absolute atomic E-state index is 0.0239. The van der Waals surface area contributed by atoms with Gasteiger partial charge < -0.3 is 14.5 Å². The summed E-state index contributed by atoms with van der Waals surface area (Å²) < 4.78 is 10.3. The van der Waals surface area contributed by atoms with Gasteiger partial charge in [0.2, 0.25) is 5.91 Å². The Bertz CT molecular complexity index is 525. The molecule has 100 valence electrons. The summed E-state index contributed by atoms with van der Waals surface area (Å²) in [5.74, 6) is 1.89. The van der Waals surface area contributed by atoms with Crippen LogP contribution in [-0.2, 0) is 11.3 Å². The molecular weight excluding hydrogens is 262 g/mol. The normalized spacial score (nSPS) is 10.2. The Hall–Kier alpha value is -1.88. The third-order valence-corrected chi connectivity index (χ3v) is 3.44. The number of nitrogens with one attached hydrogen (secondary N) is 1. The lowest BCUT2D eigenvalue weighted by atomic mass is 10.3. The van der Waals surface area contributed by atoms with Crippen LogP contribution < -0.4 is 10.1 Å². The second-order valence-corrected chi connectivity index (χ2v) is 4.87. The van der Waals surface area contributed by atoms with Crippen LogP contribution in [0.25, 0.3) is 0 Å². The van der Waals surface area contributed by atoms with E-state index in [4.69, 9.17) is 9.15 Å².